The maximum Gasteiger partial charge on any atom is 0.144 e. The summed E-state index contributed by atoms with van der Waals surface area (Å²) in [6.07, 6.45) is 3.74. The zero-order valence-electron chi connectivity index (χ0n) is 10.00. The Morgan fingerprint density at radius 3 is 2.67 bits per heavy atom. The van der Waals surface area contributed by atoms with Crippen LogP contribution in [0.15, 0.2) is 48.8 Å². The van der Waals surface area contributed by atoms with Gasteiger partial charge in [0.15, 0.2) is 0 Å². The third-order valence-electron chi connectivity index (χ3n) is 2.90. The second kappa shape index (κ2) is 4.07. The number of hydrogen-bond acceptors (Lipinski definition) is 3. The molecule has 0 fully saturated rings. The van der Waals surface area contributed by atoms with Crippen LogP contribution in [-0.4, -0.2) is 16.5 Å². The minimum Gasteiger partial charge on any atom is -0.497 e. The molecule has 2 heterocycles. The van der Waals surface area contributed by atoms with Gasteiger partial charge in [-0.1, -0.05) is 0 Å². The highest BCUT2D eigenvalue weighted by Gasteiger charge is 2.06. The van der Waals surface area contributed by atoms with Crippen LogP contribution >= 0.6 is 0 Å². The Bertz CT molecular complexity index is 686. The molecule has 0 radical (unpaired) electrons. The number of rotatable bonds is 2. The van der Waals surface area contributed by atoms with Crippen molar-refractivity contribution in [3.05, 3.63) is 48.8 Å². The van der Waals surface area contributed by atoms with Gasteiger partial charge in [0, 0.05) is 17.4 Å². The van der Waals surface area contributed by atoms with E-state index in [9.17, 15) is 0 Å². The second-order valence-corrected chi connectivity index (χ2v) is 4.07. The Kier molecular flexibility index (Phi) is 2.41. The first-order chi connectivity index (χ1) is 8.78. The van der Waals surface area contributed by atoms with Crippen molar-refractivity contribution in [2.45, 2.75) is 0 Å². The van der Waals surface area contributed by atoms with Crippen LogP contribution in [0, 0.1) is 0 Å². The van der Waals surface area contributed by atoms with Gasteiger partial charge >= 0.3 is 0 Å². The van der Waals surface area contributed by atoms with E-state index in [1.54, 1.807) is 7.11 Å². The fourth-order valence-electron chi connectivity index (χ4n) is 1.97. The van der Waals surface area contributed by atoms with Crippen molar-refractivity contribution >= 4 is 11.2 Å². The average molecular weight is 239 g/mol. The zero-order valence-corrected chi connectivity index (χ0v) is 10.00. The topological polar surface area (TPSA) is 52.5 Å². The molecule has 2 aromatic heterocycles. The zero-order chi connectivity index (χ0) is 12.5. The Morgan fingerprint density at radius 2 is 1.94 bits per heavy atom. The quantitative estimate of drug-likeness (QED) is 0.747. The van der Waals surface area contributed by atoms with Gasteiger partial charge in [-0.05, 0) is 36.4 Å². The largest absolute Gasteiger partial charge is 0.497 e. The van der Waals surface area contributed by atoms with Gasteiger partial charge in [0.2, 0.25) is 0 Å². The molecule has 0 atom stereocenters. The minimum atomic E-state index is 0.740. The highest BCUT2D eigenvalue weighted by Crippen LogP contribution is 2.23. The Balaban J connectivity index is 2.13. The lowest BCUT2D eigenvalue weighted by Crippen LogP contribution is -1.91. The highest BCUT2D eigenvalue weighted by atomic mass is 16.5. The minimum absolute atomic E-state index is 0.740. The van der Waals surface area contributed by atoms with Crippen molar-refractivity contribution in [3.63, 3.8) is 0 Å². The summed E-state index contributed by atoms with van der Waals surface area (Å²) in [5.74, 6) is 1.73. The number of anilines is 1. The number of nitrogens with zero attached hydrogens (tertiary/aromatic N) is 2. The molecule has 0 aliphatic rings. The lowest BCUT2D eigenvalue weighted by atomic mass is 10.2. The van der Waals surface area contributed by atoms with Crippen molar-refractivity contribution in [3.8, 4) is 17.1 Å². The van der Waals surface area contributed by atoms with Crippen molar-refractivity contribution in [2.24, 2.45) is 0 Å². The van der Waals surface area contributed by atoms with E-state index < -0.39 is 0 Å². The molecule has 0 spiro atoms. The fraction of sp³-hybridized carbons (Fsp3) is 0.0714. The first-order valence-electron chi connectivity index (χ1n) is 5.65. The molecule has 0 bridgehead atoms. The predicted octanol–water partition coefficient (Wildman–Crippen LogP) is 2.59. The molecule has 1 aromatic carbocycles. The lowest BCUT2D eigenvalue weighted by molar-refractivity contribution is 0.415. The molecule has 3 aromatic rings. The molecule has 3 rings (SSSR count). The normalized spacial score (nSPS) is 10.7. The van der Waals surface area contributed by atoms with Crippen LogP contribution in [-0.2, 0) is 0 Å². The molecule has 0 unspecified atom stereocenters. The van der Waals surface area contributed by atoms with Crippen molar-refractivity contribution in [2.75, 3.05) is 12.8 Å². The van der Waals surface area contributed by atoms with E-state index >= 15 is 0 Å². The van der Waals surface area contributed by atoms with E-state index in [4.69, 9.17) is 10.5 Å². The predicted molar refractivity (Wildman–Crippen MR) is 71.6 cm³/mol. The summed E-state index contributed by atoms with van der Waals surface area (Å²) < 4.78 is 7.16. The number of hydrogen-bond donors (Lipinski definition) is 1. The van der Waals surface area contributed by atoms with Crippen LogP contribution in [0.4, 0.5) is 5.69 Å². The Morgan fingerprint density at radius 1 is 1.17 bits per heavy atom. The highest BCUT2D eigenvalue weighted by molar-refractivity contribution is 5.65. The summed E-state index contributed by atoms with van der Waals surface area (Å²) in [7, 11) is 1.66. The molecular formula is C14H13N3O. The van der Waals surface area contributed by atoms with Gasteiger partial charge in [-0.15, -0.1) is 0 Å². The van der Waals surface area contributed by atoms with E-state index in [0.717, 1.165) is 28.3 Å². The number of nitrogens with two attached hydrogens (primary N) is 1. The maximum absolute atomic E-state index is 5.75. The van der Waals surface area contributed by atoms with E-state index in [-0.39, 0.29) is 0 Å². The molecule has 18 heavy (non-hydrogen) atoms. The number of methoxy groups -OCH3 is 1. The van der Waals surface area contributed by atoms with Crippen molar-refractivity contribution in [1.82, 2.24) is 9.38 Å². The van der Waals surface area contributed by atoms with Crippen LogP contribution in [0.5, 0.6) is 5.75 Å². The van der Waals surface area contributed by atoms with Gasteiger partial charge in [-0.2, -0.15) is 0 Å². The van der Waals surface area contributed by atoms with Crippen LogP contribution in [0.25, 0.3) is 16.9 Å². The molecular weight excluding hydrogens is 226 g/mol. The fourth-order valence-corrected chi connectivity index (χ4v) is 1.97. The SMILES string of the molecule is COc1ccc(-c2ncc3cc(N)ccn23)cc1. The van der Waals surface area contributed by atoms with Crippen LogP contribution in [0.1, 0.15) is 0 Å². The van der Waals surface area contributed by atoms with E-state index in [1.165, 1.54) is 0 Å². The average Bonchev–Trinajstić information content (AvgIpc) is 2.81. The molecule has 4 heteroatoms. The van der Waals surface area contributed by atoms with E-state index in [0.29, 0.717) is 0 Å². The number of imidazole rings is 1. The maximum atomic E-state index is 5.75. The van der Waals surface area contributed by atoms with Gasteiger partial charge in [0.1, 0.15) is 11.6 Å². The van der Waals surface area contributed by atoms with Crippen molar-refractivity contribution in [1.29, 1.82) is 0 Å². The number of nitrogen functional groups attached to an aromatic ring is 1. The van der Waals surface area contributed by atoms with Gasteiger partial charge in [-0.25, -0.2) is 4.98 Å². The summed E-state index contributed by atoms with van der Waals surface area (Å²) in [5.41, 5.74) is 8.52. The molecule has 0 saturated carbocycles. The van der Waals surface area contributed by atoms with E-state index in [1.807, 2.05) is 53.2 Å². The number of ether oxygens (including phenoxy) is 1. The lowest BCUT2D eigenvalue weighted by Gasteiger charge is -2.03. The first kappa shape index (κ1) is 10.7. The molecule has 0 saturated heterocycles. The summed E-state index contributed by atoms with van der Waals surface area (Å²) in [6.45, 7) is 0. The molecule has 0 aliphatic heterocycles. The van der Waals surface area contributed by atoms with Gasteiger partial charge in [-0.3, -0.25) is 4.40 Å². The molecule has 0 aliphatic carbocycles. The van der Waals surface area contributed by atoms with E-state index in [2.05, 4.69) is 4.98 Å². The Hall–Kier alpha value is -2.49. The van der Waals surface area contributed by atoms with Gasteiger partial charge in [0.05, 0.1) is 18.8 Å². The summed E-state index contributed by atoms with van der Waals surface area (Å²) in [5, 5.41) is 0. The van der Waals surface area contributed by atoms with Gasteiger partial charge in [0.25, 0.3) is 0 Å². The van der Waals surface area contributed by atoms with Gasteiger partial charge < -0.3 is 10.5 Å². The first-order valence-corrected chi connectivity index (χ1v) is 5.65. The summed E-state index contributed by atoms with van der Waals surface area (Å²) in [4.78, 5) is 4.43. The molecule has 4 nitrogen and oxygen atoms in total. The third kappa shape index (κ3) is 1.68. The summed E-state index contributed by atoms with van der Waals surface area (Å²) in [6, 6.07) is 11.6. The third-order valence-corrected chi connectivity index (χ3v) is 2.90. The number of pyridine rings is 1. The monoisotopic (exact) mass is 239 g/mol. The molecule has 2 N–H and O–H groups in total. The smallest absolute Gasteiger partial charge is 0.144 e. The number of fused-ring (bicyclic) bond motifs is 1. The molecule has 0 amide bonds. The number of benzene rings is 1. The van der Waals surface area contributed by atoms with Crippen LogP contribution in [0.2, 0.25) is 0 Å². The number of aromatic nitrogens is 2. The second-order valence-electron chi connectivity index (χ2n) is 4.07. The standard InChI is InChI=1S/C14H13N3O/c1-18-13-4-2-10(3-5-13)14-16-9-12-8-11(15)6-7-17(12)14/h2-9H,15H2,1H3. The van der Waals surface area contributed by atoms with Crippen molar-refractivity contribution < 1.29 is 4.74 Å². The molecule has 90 valence electrons. The summed E-state index contributed by atoms with van der Waals surface area (Å²) >= 11 is 0. The van der Waals surface area contributed by atoms with Crippen LogP contribution < -0.4 is 10.5 Å². The van der Waals surface area contributed by atoms with Crippen LogP contribution in [0.3, 0.4) is 0 Å². The Labute approximate surface area is 105 Å².